The molecule has 0 spiro atoms. The number of thiazole rings is 1. The highest BCUT2D eigenvalue weighted by Crippen LogP contribution is 2.32. The van der Waals surface area contributed by atoms with Crippen molar-refractivity contribution in [2.45, 2.75) is 26.3 Å². The first-order valence-corrected chi connectivity index (χ1v) is 10.5. The van der Waals surface area contributed by atoms with E-state index in [-0.39, 0.29) is 18.4 Å². The molecule has 3 rings (SSSR count). The van der Waals surface area contributed by atoms with Gasteiger partial charge in [0.1, 0.15) is 10.8 Å². The van der Waals surface area contributed by atoms with Crippen molar-refractivity contribution in [3.63, 3.8) is 0 Å². The van der Waals surface area contributed by atoms with Gasteiger partial charge >= 0.3 is 0 Å². The molecule has 2 aromatic carbocycles. The monoisotopic (exact) mass is 434 g/mol. The van der Waals surface area contributed by atoms with Crippen molar-refractivity contribution < 1.29 is 9.53 Å². The van der Waals surface area contributed by atoms with E-state index in [0.717, 1.165) is 27.6 Å². The van der Waals surface area contributed by atoms with Crippen molar-refractivity contribution in [1.29, 1.82) is 0 Å². The van der Waals surface area contributed by atoms with Crippen LogP contribution in [0.15, 0.2) is 47.8 Å². The highest BCUT2D eigenvalue weighted by molar-refractivity contribution is 7.13. The van der Waals surface area contributed by atoms with E-state index in [1.807, 2.05) is 49.6 Å². The van der Waals surface area contributed by atoms with Gasteiger partial charge in [-0.3, -0.25) is 4.79 Å². The van der Waals surface area contributed by atoms with E-state index < -0.39 is 0 Å². The Morgan fingerprint density at radius 3 is 2.79 bits per heavy atom. The molecular weight excluding hydrogens is 415 g/mol. The fraction of sp³-hybridized carbons (Fsp3) is 0.238. The van der Waals surface area contributed by atoms with Crippen molar-refractivity contribution in [3.05, 3.63) is 69.1 Å². The van der Waals surface area contributed by atoms with Crippen molar-refractivity contribution in [3.8, 4) is 16.3 Å². The van der Waals surface area contributed by atoms with Crippen LogP contribution in [0.25, 0.3) is 10.6 Å². The number of benzene rings is 2. The largest absolute Gasteiger partial charge is 0.493 e. The summed E-state index contributed by atoms with van der Waals surface area (Å²) in [6.07, 6.45) is 0.197. The molecule has 7 heteroatoms. The van der Waals surface area contributed by atoms with Gasteiger partial charge in [0.05, 0.1) is 30.3 Å². The lowest BCUT2D eigenvalue weighted by Gasteiger charge is -2.15. The standard InChI is InChI=1S/C21H20Cl2N2O2S/c1-3-27-19-7-5-4-6-17(19)21-25-15(12-28-21)11-20(26)24-13(2)16-9-8-14(22)10-18(16)23/h4-10,12-13H,3,11H2,1-2H3,(H,24,26). The Balaban J connectivity index is 1.67. The van der Waals surface area contributed by atoms with Gasteiger partial charge in [-0.15, -0.1) is 11.3 Å². The Morgan fingerprint density at radius 1 is 1.25 bits per heavy atom. The average Bonchev–Trinajstić information content (AvgIpc) is 3.10. The third-order valence-corrected chi connectivity index (χ3v) is 5.60. The molecule has 0 radical (unpaired) electrons. The smallest absolute Gasteiger partial charge is 0.226 e. The van der Waals surface area contributed by atoms with Crippen LogP contribution in [0, 0.1) is 0 Å². The van der Waals surface area contributed by atoms with Gasteiger partial charge in [-0.25, -0.2) is 4.98 Å². The van der Waals surface area contributed by atoms with E-state index in [4.69, 9.17) is 27.9 Å². The SMILES string of the molecule is CCOc1ccccc1-c1nc(CC(=O)NC(C)c2ccc(Cl)cc2Cl)cs1. The van der Waals surface area contributed by atoms with E-state index >= 15 is 0 Å². The molecule has 0 bridgehead atoms. The second-order valence-corrected chi connectivity index (χ2v) is 7.91. The predicted octanol–water partition coefficient (Wildman–Crippen LogP) is 5.94. The van der Waals surface area contributed by atoms with Gasteiger partial charge in [0.25, 0.3) is 0 Å². The maximum absolute atomic E-state index is 12.4. The molecule has 1 N–H and O–H groups in total. The molecule has 28 heavy (non-hydrogen) atoms. The van der Waals surface area contributed by atoms with Crippen molar-refractivity contribution in [1.82, 2.24) is 10.3 Å². The van der Waals surface area contributed by atoms with Crippen LogP contribution in [-0.2, 0) is 11.2 Å². The zero-order chi connectivity index (χ0) is 20.1. The molecule has 0 saturated heterocycles. The zero-order valence-electron chi connectivity index (χ0n) is 15.5. The number of nitrogens with one attached hydrogen (secondary N) is 1. The van der Waals surface area contributed by atoms with E-state index in [0.29, 0.717) is 16.7 Å². The number of amides is 1. The quantitative estimate of drug-likeness (QED) is 0.500. The second-order valence-electron chi connectivity index (χ2n) is 6.20. The molecule has 1 heterocycles. The second kappa shape index (κ2) is 9.41. The van der Waals surface area contributed by atoms with Crippen LogP contribution < -0.4 is 10.1 Å². The van der Waals surface area contributed by atoms with Gasteiger partial charge in [0.15, 0.2) is 0 Å². The lowest BCUT2D eigenvalue weighted by atomic mass is 10.1. The van der Waals surface area contributed by atoms with E-state index in [1.54, 1.807) is 12.1 Å². The number of para-hydroxylation sites is 1. The predicted molar refractivity (Wildman–Crippen MR) is 115 cm³/mol. The number of carbonyl (C=O) groups is 1. The Kier molecular flexibility index (Phi) is 6.94. The summed E-state index contributed by atoms with van der Waals surface area (Å²) in [5, 5.41) is 6.79. The molecule has 0 aliphatic carbocycles. The first kappa shape index (κ1) is 20.6. The Bertz CT molecular complexity index is 975. The van der Waals surface area contributed by atoms with Gasteiger partial charge in [-0.1, -0.05) is 41.4 Å². The van der Waals surface area contributed by atoms with Crippen LogP contribution in [0.4, 0.5) is 0 Å². The van der Waals surface area contributed by atoms with E-state index in [9.17, 15) is 4.79 Å². The fourth-order valence-electron chi connectivity index (χ4n) is 2.82. The number of rotatable bonds is 7. The van der Waals surface area contributed by atoms with Crippen LogP contribution in [0.2, 0.25) is 10.0 Å². The number of aromatic nitrogens is 1. The zero-order valence-corrected chi connectivity index (χ0v) is 17.9. The summed E-state index contributed by atoms with van der Waals surface area (Å²) in [7, 11) is 0. The van der Waals surface area contributed by atoms with Crippen molar-refractivity contribution >= 4 is 40.4 Å². The molecule has 1 unspecified atom stereocenters. The fourth-order valence-corrected chi connectivity index (χ4v) is 4.25. The Morgan fingerprint density at radius 2 is 2.04 bits per heavy atom. The third kappa shape index (κ3) is 5.04. The van der Waals surface area contributed by atoms with Crippen LogP contribution in [0.1, 0.15) is 31.1 Å². The molecule has 0 fully saturated rings. The van der Waals surface area contributed by atoms with Gasteiger partial charge in [0.2, 0.25) is 5.91 Å². The average molecular weight is 435 g/mol. The molecule has 0 aliphatic heterocycles. The molecule has 146 valence electrons. The first-order chi connectivity index (χ1) is 13.5. The minimum Gasteiger partial charge on any atom is -0.493 e. The number of hydrogen-bond acceptors (Lipinski definition) is 4. The van der Waals surface area contributed by atoms with Gasteiger partial charge in [-0.05, 0) is 43.7 Å². The molecule has 0 aliphatic rings. The molecular formula is C21H20Cl2N2O2S. The van der Waals surface area contributed by atoms with Crippen LogP contribution in [0.3, 0.4) is 0 Å². The molecule has 1 amide bonds. The van der Waals surface area contributed by atoms with Crippen molar-refractivity contribution in [2.75, 3.05) is 6.61 Å². The van der Waals surface area contributed by atoms with Gasteiger partial charge in [-0.2, -0.15) is 0 Å². The lowest BCUT2D eigenvalue weighted by Crippen LogP contribution is -2.28. The number of hydrogen-bond donors (Lipinski definition) is 1. The summed E-state index contributed by atoms with van der Waals surface area (Å²) >= 11 is 13.6. The summed E-state index contributed by atoms with van der Waals surface area (Å²) in [5.41, 5.74) is 2.48. The van der Waals surface area contributed by atoms with Crippen LogP contribution in [0.5, 0.6) is 5.75 Å². The minimum atomic E-state index is -0.228. The maximum Gasteiger partial charge on any atom is 0.226 e. The molecule has 3 aromatic rings. The normalized spacial score (nSPS) is 11.9. The summed E-state index contributed by atoms with van der Waals surface area (Å²) in [4.78, 5) is 17.1. The summed E-state index contributed by atoms with van der Waals surface area (Å²) in [6.45, 7) is 4.42. The third-order valence-electron chi connectivity index (χ3n) is 4.12. The van der Waals surface area contributed by atoms with Gasteiger partial charge < -0.3 is 10.1 Å². The lowest BCUT2D eigenvalue weighted by molar-refractivity contribution is -0.121. The Hall–Kier alpha value is -2.08. The van der Waals surface area contributed by atoms with E-state index in [2.05, 4.69) is 10.3 Å². The number of carbonyl (C=O) groups excluding carboxylic acids is 1. The summed E-state index contributed by atoms with van der Waals surface area (Å²) in [5.74, 6) is 0.676. The van der Waals surface area contributed by atoms with Crippen LogP contribution >= 0.6 is 34.5 Å². The summed E-state index contributed by atoms with van der Waals surface area (Å²) in [6, 6.07) is 12.8. The summed E-state index contributed by atoms with van der Waals surface area (Å²) < 4.78 is 5.67. The molecule has 1 aromatic heterocycles. The molecule has 0 saturated carbocycles. The Labute approximate surface area is 178 Å². The van der Waals surface area contributed by atoms with Crippen molar-refractivity contribution in [2.24, 2.45) is 0 Å². The topological polar surface area (TPSA) is 51.2 Å². The molecule has 4 nitrogen and oxygen atoms in total. The first-order valence-electron chi connectivity index (χ1n) is 8.88. The van der Waals surface area contributed by atoms with E-state index in [1.165, 1.54) is 11.3 Å². The maximum atomic E-state index is 12.4. The minimum absolute atomic E-state index is 0.117. The number of halogens is 2. The number of nitrogens with zero attached hydrogens (tertiary/aromatic N) is 1. The van der Waals surface area contributed by atoms with Crippen LogP contribution in [-0.4, -0.2) is 17.5 Å². The van der Waals surface area contributed by atoms with Gasteiger partial charge in [0, 0.05) is 15.4 Å². The highest BCUT2D eigenvalue weighted by Gasteiger charge is 2.16. The molecule has 1 atom stereocenters. The number of ether oxygens (including phenoxy) is 1. The highest BCUT2D eigenvalue weighted by atomic mass is 35.5.